The topological polar surface area (TPSA) is 64.9 Å². The molecule has 0 unspecified atom stereocenters. The highest BCUT2D eigenvalue weighted by atomic mass is 16.2. The monoisotopic (exact) mass is 410 g/mol. The molecular formula is C22H30N6O2. The van der Waals surface area contributed by atoms with Gasteiger partial charge in [0.1, 0.15) is 5.82 Å². The summed E-state index contributed by atoms with van der Waals surface area (Å²) in [4.78, 5) is 33.3. The number of amides is 1. The molecule has 160 valence electrons. The van der Waals surface area contributed by atoms with Crippen LogP contribution in [0.3, 0.4) is 0 Å². The van der Waals surface area contributed by atoms with Gasteiger partial charge < -0.3 is 14.7 Å². The molecule has 0 N–H and O–H groups in total. The van der Waals surface area contributed by atoms with E-state index in [1.165, 1.54) is 10.4 Å². The summed E-state index contributed by atoms with van der Waals surface area (Å²) in [6.07, 6.45) is 0. The van der Waals surface area contributed by atoms with Crippen LogP contribution in [-0.2, 0) is 11.3 Å². The number of piperazine rings is 2. The van der Waals surface area contributed by atoms with Gasteiger partial charge in [-0.25, -0.2) is 4.68 Å². The van der Waals surface area contributed by atoms with Crippen LogP contribution in [0.2, 0.25) is 0 Å². The van der Waals surface area contributed by atoms with Gasteiger partial charge in [0.25, 0.3) is 5.56 Å². The van der Waals surface area contributed by atoms with Crippen LogP contribution in [0.15, 0.2) is 47.3 Å². The van der Waals surface area contributed by atoms with Crippen LogP contribution in [0.4, 0.5) is 11.5 Å². The molecule has 2 aliphatic rings. The number of para-hydroxylation sites is 1. The average molecular weight is 411 g/mol. The van der Waals surface area contributed by atoms with Gasteiger partial charge >= 0.3 is 0 Å². The molecule has 1 amide bonds. The van der Waals surface area contributed by atoms with Crippen LogP contribution in [0, 0.1) is 0 Å². The van der Waals surface area contributed by atoms with Gasteiger partial charge in [-0.3, -0.25) is 14.5 Å². The highest BCUT2D eigenvalue weighted by Crippen LogP contribution is 2.16. The number of aryl methyl sites for hydroxylation is 1. The summed E-state index contributed by atoms with van der Waals surface area (Å²) in [7, 11) is 0. The lowest BCUT2D eigenvalue weighted by Gasteiger charge is -2.38. The van der Waals surface area contributed by atoms with Gasteiger partial charge in [-0.2, -0.15) is 5.10 Å². The Kier molecular flexibility index (Phi) is 6.32. The van der Waals surface area contributed by atoms with E-state index in [1.807, 2.05) is 17.9 Å². The molecule has 2 saturated heterocycles. The summed E-state index contributed by atoms with van der Waals surface area (Å²) in [5.74, 6) is 1.05. The van der Waals surface area contributed by atoms with E-state index in [0.717, 1.165) is 58.2 Å². The minimum Gasteiger partial charge on any atom is -0.368 e. The molecule has 30 heavy (non-hydrogen) atoms. The number of carbonyl (C=O) groups is 1. The number of carbonyl (C=O) groups excluding carboxylic acids is 1. The van der Waals surface area contributed by atoms with Gasteiger partial charge in [0.15, 0.2) is 0 Å². The Hall–Kier alpha value is -2.87. The van der Waals surface area contributed by atoms with Crippen LogP contribution in [0.1, 0.15) is 6.92 Å². The largest absolute Gasteiger partial charge is 0.368 e. The lowest BCUT2D eigenvalue weighted by molar-refractivity contribution is -0.132. The van der Waals surface area contributed by atoms with Crippen molar-refractivity contribution in [2.45, 2.75) is 13.5 Å². The number of benzene rings is 1. The zero-order valence-electron chi connectivity index (χ0n) is 17.6. The Balaban J connectivity index is 1.24. The molecule has 0 aliphatic carbocycles. The number of nitrogens with zero attached hydrogens (tertiary/aromatic N) is 6. The third kappa shape index (κ3) is 4.64. The van der Waals surface area contributed by atoms with Crippen molar-refractivity contribution >= 4 is 17.4 Å². The first-order valence-corrected chi connectivity index (χ1v) is 10.8. The molecule has 0 radical (unpaired) electrons. The quantitative estimate of drug-likeness (QED) is 0.724. The second-order valence-electron chi connectivity index (χ2n) is 7.81. The Morgan fingerprint density at radius 1 is 0.867 bits per heavy atom. The summed E-state index contributed by atoms with van der Waals surface area (Å²) in [5, 5.41) is 4.44. The van der Waals surface area contributed by atoms with Crippen molar-refractivity contribution in [3.05, 3.63) is 52.8 Å². The predicted octanol–water partition coefficient (Wildman–Crippen LogP) is 0.734. The molecule has 1 aromatic carbocycles. The fraction of sp³-hybridized carbons (Fsp3) is 0.500. The lowest BCUT2D eigenvalue weighted by atomic mass is 10.2. The molecule has 8 heteroatoms. The van der Waals surface area contributed by atoms with Crippen LogP contribution < -0.4 is 15.4 Å². The number of hydrogen-bond donors (Lipinski definition) is 0. The van der Waals surface area contributed by atoms with Crippen molar-refractivity contribution < 1.29 is 4.79 Å². The van der Waals surface area contributed by atoms with E-state index in [1.54, 1.807) is 12.1 Å². The van der Waals surface area contributed by atoms with Crippen molar-refractivity contribution in [3.8, 4) is 0 Å². The maximum Gasteiger partial charge on any atom is 0.266 e. The van der Waals surface area contributed by atoms with E-state index in [-0.39, 0.29) is 11.5 Å². The summed E-state index contributed by atoms with van der Waals surface area (Å²) >= 11 is 0. The van der Waals surface area contributed by atoms with Gasteiger partial charge in [-0.05, 0) is 25.1 Å². The maximum absolute atomic E-state index is 12.8. The molecule has 0 saturated carbocycles. The second kappa shape index (κ2) is 9.30. The molecule has 8 nitrogen and oxygen atoms in total. The van der Waals surface area contributed by atoms with E-state index in [2.05, 4.69) is 44.1 Å². The van der Waals surface area contributed by atoms with Gasteiger partial charge in [0.2, 0.25) is 5.91 Å². The Morgan fingerprint density at radius 3 is 2.20 bits per heavy atom. The smallest absolute Gasteiger partial charge is 0.266 e. The molecule has 2 aromatic rings. The van der Waals surface area contributed by atoms with Crippen LogP contribution in [-0.4, -0.2) is 84.4 Å². The van der Waals surface area contributed by atoms with Crippen molar-refractivity contribution in [2.75, 3.05) is 68.7 Å². The number of anilines is 2. The molecule has 0 spiro atoms. The van der Waals surface area contributed by atoms with Gasteiger partial charge in [-0.15, -0.1) is 0 Å². The Morgan fingerprint density at radius 2 is 1.53 bits per heavy atom. The van der Waals surface area contributed by atoms with E-state index < -0.39 is 0 Å². The SMILES string of the molecule is CCn1nc(N2CCN(CC(=O)N3CCN(c4ccccc4)CC3)CC2)ccc1=O. The molecule has 3 heterocycles. The number of hydrogen-bond acceptors (Lipinski definition) is 6. The van der Waals surface area contributed by atoms with E-state index in [0.29, 0.717) is 13.1 Å². The number of rotatable bonds is 5. The van der Waals surface area contributed by atoms with Gasteiger partial charge in [0.05, 0.1) is 6.54 Å². The van der Waals surface area contributed by atoms with Crippen molar-refractivity contribution in [2.24, 2.45) is 0 Å². The minimum absolute atomic E-state index is 0.0714. The summed E-state index contributed by atoms with van der Waals surface area (Å²) in [6.45, 7) is 9.53. The molecule has 0 atom stereocenters. The number of aromatic nitrogens is 2. The van der Waals surface area contributed by atoms with Crippen molar-refractivity contribution in [3.63, 3.8) is 0 Å². The summed E-state index contributed by atoms with van der Waals surface area (Å²) in [5.41, 5.74) is 1.15. The fourth-order valence-corrected chi connectivity index (χ4v) is 4.11. The molecule has 0 bridgehead atoms. The third-order valence-electron chi connectivity index (χ3n) is 5.96. The molecular weight excluding hydrogens is 380 g/mol. The second-order valence-corrected chi connectivity index (χ2v) is 7.81. The maximum atomic E-state index is 12.8. The molecule has 1 aromatic heterocycles. The normalized spacial score (nSPS) is 18.0. The molecule has 2 fully saturated rings. The van der Waals surface area contributed by atoms with Crippen LogP contribution in [0.5, 0.6) is 0 Å². The van der Waals surface area contributed by atoms with Crippen molar-refractivity contribution in [1.82, 2.24) is 19.6 Å². The van der Waals surface area contributed by atoms with Crippen molar-refractivity contribution in [1.29, 1.82) is 0 Å². The summed E-state index contributed by atoms with van der Waals surface area (Å²) in [6, 6.07) is 13.8. The molecule has 2 aliphatic heterocycles. The predicted molar refractivity (Wildman–Crippen MR) is 118 cm³/mol. The van der Waals surface area contributed by atoms with E-state index in [4.69, 9.17) is 0 Å². The van der Waals surface area contributed by atoms with Crippen LogP contribution >= 0.6 is 0 Å². The average Bonchev–Trinajstić information content (AvgIpc) is 2.80. The minimum atomic E-state index is -0.0714. The highest BCUT2D eigenvalue weighted by molar-refractivity contribution is 5.78. The van der Waals surface area contributed by atoms with E-state index in [9.17, 15) is 9.59 Å². The third-order valence-corrected chi connectivity index (χ3v) is 5.96. The highest BCUT2D eigenvalue weighted by Gasteiger charge is 2.25. The Labute approximate surface area is 177 Å². The Bertz CT molecular complexity index is 899. The first-order valence-electron chi connectivity index (χ1n) is 10.8. The standard InChI is InChI=1S/C22H30N6O2/c1-2-28-21(29)9-8-20(23-28)26-12-10-24(11-13-26)18-22(30)27-16-14-25(15-17-27)19-6-4-3-5-7-19/h3-9H,2,10-18H2,1H3. The van der Waals surface area contributed by atoms with Gasteiger partial charge in [-0.1, -0.05) is 18.2 Å². The lowest BCUT2D eigenvalue weighted by Crippen LogP contribution is -2.54. The van der Waals surface area contributed by atoms with Crippen LogP contribution in [0.25, 0.3) is 0 Å². The molecule has 4 rings (SSSR count). The first-order chi connectivity index (χ1) is 14.6. The van der Waals surface area contributed by atoms with E-state index >= 15 is 0 Å². The summed E-state index contributed by atoms with van der Waals surface area (Å²) < 4.78 is 1.49. The first kappa shape index (κ1) is 20.4. The zero-order chi connectivity index (χ0) is 20.9. The zero-order valence-corrected chi connectivity index (χ0v) is 17.6. The fourth-order valence-electron chi connectivity index (χ4n) is 4.11. The van der Waals surface area contributed by atoms with Gasteiger partial charge in [0, 0.05) is 70.7 Å².